The molecule has 0 aromatic heterocycles. The van der Waals surface area contributed by atoms with Gasteiger partial charge in [-0.15, -0.1) is 6.58 Å². The second kappa shape index (κ2) is 8.76. The Balaban J connectivity index is 1.61. The third-order valence-electron chi connectivity index (χ3n) is 5.15. The van der Waals surface area contributed by atoms with E-state index in [9.17, 15) is 0 Å². The van der Waals surface area contributed by atoms with Crippen molar-refractivity contribution in [2.45, 2.75) is 31.7 Å². The van der Waals surface area contributed by atoms with Gasteiger partial charge in [-0.3, -0.25) is 0 Å². The largest absolute Gasteiger partial charge is 0.489 e. The van der Waals surface area contributed by atoms with E-state index in [1.807, 2.05) is 24.3 Å². The molecule has 2 atom stereocenters. The smallest absolute Gasteiger partial charge is 0.120 e. The Morgan fingerprint density at radius 3 is 2.57 bits per heavy atom. The Labute approximate surface area is 174 Å². The van der Waals surface area contributed by atoms with Crippen LogP contribution in [0.2, 0.25) is 0 Å². The van der Waals surface area contributed by atoms with Crippen molar-refractivity contribution in [3.05, 3.63) is 112 Å². The highest BCUT2D eigenvalue weighted by Crippen LogP contribution is 2.39. The summed E-state index contributed by atoms with van der Waals surface area (Å²) < 4.78 is 13.3. The van der Waals surface area contributed by atoms with Crippen LogP contribution in [0.5, 0.6) is 5.75 Å². The fourth-order valence-electron chi connectivity index (χ4n) is 3.77. The van der Waals surface area contributed by atoms with Gasteiger partial charge in [-0.05, 0) is 52.9 Å². The highest BCUT2D eigenvalue weighted by Gasteiger charge is 2.31. The van der Waals surface area contributed by atoms with E-state index in [0.717, 1.165) is 22.2 Å². The van der Waals surface area contributed by atoms with Gasteiger partial charge < -0.3 is 9.47 Å². The molecule has 3 aromatic carbocycles. The SMILES string of the molecule is C=CCC1OCc2cc(OCc3ccccc3)ccc2C1c1ccc(Br)cc1. The number of hydrogen-bond acceptors (Lipinski definition) is 2. The van der Waals surface area contributed by atoms with E-state index in [0.29, 0.717) is 13.2 Å². The van der Waals surface area contributed by atoms with Crippen molar-refractivity contribution in [2.24, 2.45) is 0 Å². The van der Waals surface area contributed by atoms with Gasteiger partial charge in [0.1, 0.15) is 12.4 Å². The van der Waals surface area contributed by atoms with Crippen LogP contribution in [-0.2, 0) is 18.0 Å². The molecule has 1 aliphatic rings. The number of hydrogen-bond donors (Lipinski definition) is 0. The molecule has 1 heterocycles. The van der Waals surface area contributed by atoms with Gasteiger partial charge in [0.05, 0.1) is 12.7 Å². The third kappa shape index (κ3) is 4.21. The Morgan fingerprint density at radius 1 is 1.04 bits per heavy atom. The van der Waals surface area contributed by atoms with E-state index in [-0.39, 0.29) is 12.0 Å². The van der Waals surface area contributed by atoms with Crippen LogP contribution in [-0.4, -0.2) is 6.10 Å². The standard InChI is InChI=1S/C25H23BrO2/c1-2-6-24-25(19-9-11-21(26)12-10-19)23-14-13-22(15-20(23)17-28-24)27-16-18-7-4-3-5-8-18/h2-5,7-15,24-25H,1,6,16-17H2. The molecule has 2 unspecified atom stereocenters. The lowest BCUT2D eigenvalue weighted by atomic mass is 9.81. The average Bonchev–Trinajstić information content (AvgIpc) is 2.74. The van der Waals surface area contributed by atoms with Gasteiger partial charge in [0.15, 0.2) is 0 Å². The van der Waals surface area contributed by atoms with Gasteiger partial charge in [-0.1, -0.05) is 70.5 Å². The van der Waals surface area contributed by atoms with Gasteiger partial charge in [0.25, 0.3) is 0 Å². The fraction of sp³-hybridized carbons (Fsp3) is 0.200. The van der Waals surface area contributed by atoms with Crippen molar-refractivity contribution >= 4 is 15.9 Å². The molecule has 0 aliphatic carbocycles. The maximum Gasteiger partial charge on any atom is 0.120 e. The van der Waals surface area contributed by atoms with Crippen LogP contribution in [0.3, 0.4) is 0 Å². The maximum atomic E-state index is 6.22. The minimum atomic E-state index is 0.0993. The lowest BCUT2D eigenvalue weighted by molar-refractivity contribution is 0.0183. The van der Waals surface area contributed by atoms with Crippen LogP contribution in [0.15, 0.2) is 89.9 Å². The first-order valence-corrected chi connectivity index (χ1v) is 10.3. The highest BCUT2D eigenvalue weighted by molar-refractivity contribution is 9.10. The summed E-state index contributed by atoms with van der Waals surface area (Å²) in [4.78, 5) is 0. The first-order chi connectivity index (χ1) is 13.7. The molecule has 4 rings (SSSR count). The second-order valence-corrected chi connectivity index (χ2v) is 7.95. The summed E-state index contributed by atoms with van der Waals surface area (Å²) in [5.74, 6) is 1.07. The molecule has 3 aromatic rings. The van der Waals surface area contributed by atoms with Crippen molar-refractivity contribution in [1.82, 2.24) is 0 Å². The number of ether oxygens (including phenoxy) is 2. The lowest BCUT2D eigenvalue weighted by Crippen LogP contribution is -2.28. The van der Waals surface area contributed by atoms with E-state index in [1.165, 1.54) is 16.7 Å². The predicted molar refractivity (Wildman–Crippen MR) is 117 cm³/mol. The molecule has 1 aliphatic heterocycles. The zero-order chi connectivity index (χ0) is 19.3. The molecule has 0 radical (unpaired) electrons. The van der Waals surface area contributed by atoms with E-state index in [1.54, 1.807) is 0 Å². The number of fused-ring (bicyclic) bond motifs is 1. The summed E-state index contributed by atoms with van der Waals surface area (Å²) >= 11 is 3.53. The minimum Gasteiger partial charge on any atom is -0.489 e. The van der Waals surface area contributed by atoms with Crippen molar-refractivity contribution in [2.75, 3.05) is 0 Å². The monoisotopic (exact) mass is 434 g/mol. The summed E-state index contributed by atoms with van der Waals surface area (Å²) in [7, 11) is 0. The van der Waals surface area contributed by atoms with Crippen molar-refractivity contribution in [1.29, 1.82) is 0 Å². The first-order valence-electron chi connectivity index (χ1n) is 9.52. The second-order valence-electron chi connectivity index (χ2n) is 7.04. The summed E-state index contributed by atoms with van der Waals surface area (Å²) in [5, 5.41) is 0. The molecule has 0 spiro atoms. The Morgan fingerprint density at radius 2 is 1.82 bits per heavy atom. The zero-order valence-electron chi connectivity index (χ0n) is 15.7. The van der Waals surface area contributed by atoms with E-state index < -0.39 is 0 Å². The van der Waals surface area contributed by atoms with Gasteiger partial charge in [-0.2, -0.15) is 0 Å². The van der Waals surface area contributed by atoms with Crippen molar-refractivity contribution < 1.29 is 9.47 Å². The third-order valence-corrected chi connectivity index (χ3v) is 5.68. The molecule has 142 valence electrons. The maximum absolute atomic E-state index is 6.22. The average molecular weight is 435 g/mol. The molecule has 28 heavy (non-hydrogen) atoms. The van der Waals surface area contributed by atoms with Crippen LogP contribution in [0.1, 0.15) is 34.6 Å². The van der Waals surface area contributed by atoms with Gasteiger partial charge in [0, 0.05) is 10.4 Å². The Hall–Kier alpha value is -2.36. The zero-order valence-corrected chi connectivity index (χ0v) is 17.3. The summed E-state index contributed by atoms with van der Waals surface area (Å²) in [6.07, 6.45) is 2.87. The fourth-order valence-corrected chi connectivity index (χ4v) is 4.03. The molecule has 0 bridgehead atoms. The molecule has 0 saturated heterocycles. The summed E-state index contributed by atoms with van der Waals surface area (Å²) in [6.45, 7) is 5.08. The minimum absolute atomic E-state index is 0.0993. The molecule has 0 N–H and O–H groups in total. The Kier molecular flexibility index (Phi) is 5.94. The highest BCUT2D eigenvalue weighted by atomic mass is 79.9. The molecular formula is C25H23BrO2. The normalized spacial score (nSPS) is 18.3. The summed E-state index contributed by atoms with van der Waals surface area (Å²) in [6, 6.07) is 25.1. The predicted octanol–water partition coefficient (Wildman–Crippen LogP) is 6.63. The topological polar surface area (TPSA) is 18.5 Å². The molecular weight excluding hydrogens is 412 g/mol. The van der Waals surface area contributed by atoms with Crippen LogP contribution in [0.25, 0.3) is 0 Å². The molecule has 2 nitrogen and oxygen atoms in total. The van der Waals surface area contributed by atoms with Crippen LogP contribution < -0.4 is 4.74 Å². The molecule has 0 saturated carbocycles. The number of benzene rings is 3. The van der Waals surface area contributed by atoms with Crippen molar-refractivity contribution in [3.63, 3.8) is 0 Å². The van der Waals surface area contributed by atoms with Gasteiger partial charge in [-0.25, -0.2) is 0 Å². The van der Waals surface area contributed by atoms with Crippen molar-refractivity contribution in [3.8, 4) is 5.75 Å². The number of rotatable bonds is 6. The number of halogens is 1. The van der Waals surface area contributed by atoms with Crippen LogP contribution in [0.4, 0.5) is 0 Å². The first kappa shape index (κ1) is 19.0. The van der Waals surface area contributed by atoms with E-state index in [2.05, 4.69) is 77.1 Å². The molecule has 0 amide bonds. The lowest BCUT2D eigenvalue weighted by Gasteiger charge is -2.34. The quantitative estimate of drug-likeness (QED) is 0.405. The van der Waals surface area contributed by atoms with E-state index in [4.69, 9.17) is 9.47 Å². The van der Waals surface area contributed by atoms with Gasteiger partial charge >= 0.3 is 0 Å². The molecule has 0 fully saturated rings. The van der Waals surface area contributed by atoms with Crippen LogP contribution >= 0.6 is 15.9 Å². The van der Waals surface area contributed by atoms with Crippen LogP contribution in [0, 0.1) is 0 Å². The summed E-state index contributed by atoms with van der Waals surface area (Å²) in [5.41, 5.74) is 4.93. The van der Waals surface area contributed by atoms with Gasteiger partial charge in [0.2, 0.25) is 0 Å². The van der Waals surface area contributed by atoms with E-state index >= 15 is 0 Å². The molecule has 3 heteroatoms. The Bertz CT molecular complexity index is 935.